The van der Waals surface area contributed by atoms with Crippen LogP contribution in [0.15, 0.2) is 41.5 Å². The van der Waals surface area contributed by atoms with Crippen LogP contribution in [0, 0.1) is 10.1 Å². The molecule has 2 unspecified atom stereocenters. The third-order valence-electron chi connectivity index (χ3n) is 6.05. The van der Waals surface area contributed by atoms with Gasteiger partial charge >= 0.3 is 0 Å². The highest BCUT2D eigenvalue weighted by atomic mass is 16.7. The molecule has 0 spiro atoms. The van der Waals surface area contributed by atoms with Crippen LogP contribution in [0.3, 0.4) is 0 Å². The Labute approximate surface area is 201 Å². The Hall–Kier alpha value is -4.15. The zero-order valence-electron chi connectivity index (χ0n) is 19.4. The summed E-state index contributed by atoms with van der Waals surface area (Å²) in [5.41, 5.74) is 2.58. The first-order chi connectivity index (χ1) is 16.8. The largest absolute Gasteiger partial charge is 0.484 e. The van der Waals surface area contributed by atoms with E-state index in [0.29, 0.717) is 17.1 Å². The molecule has 2 heterocycles. The Balaban J connectivity index is 1.33. The van der Waals surface area contributed by atoms with Crippen LogP contribution < -0.4 is 19.6 Å². The number of carbonyl (C=O) groups is 2. The number of nitrogens with one attached hydrogen (secondary N) is 1. The highest BCUT2D eigenvalue weighted by molar-refractivity contribution is 5.95. The van der Waals surface area contributed by atoms with E-state index in [1.165, 1.54) is 18.3 Å². The predicted molar refractivity (Wildman–Crippen MR) is 126 cm³/mol. The van der Waals surface area contributed by atoms with Gasteiger partial charge in [-0.15, -0.1) is 0 Å². The van der Waals surface area contributed by atoms with Gasteiger partial charge < -0.3 is 19.1 Å². The molecular weight excluding hydrogens is 456 g/mol. The Morgan fingerprint density at radius 2 is 1.83 bits per heavy atom. The molecule has 0 saturated carbocycles. The lowest BCUT2D eigenvalue weighted by Crippen LogP contribution is -2.49. The van der Waals surface area contributed by atoms with Crippen molar-refractivity contribution in [3.05, 3.63) is 57.6 Å². The molecule has 35 heavy (non-hydrogen) atoms. The molecule has 2 aliphatic rings. The molecule has 11 nitrogen and oxygen atoms in total. The van der Waals surface area contributed by atoms with Crippen LogP contribution >= 0.6 is 0 Å². The summed E-state index contributed by atoms with van der Waals surface area (Å²) < 4.78 is 16.0. The molecule has 0 bridgehead atoms. The van der Waals surface area contributed by atoms with Crippen LogP contribution in [-0.2, 0) is 4.79 Å². The van der Waals surface area contributed by atoms with Crippen molar-refractivity contribution < 1.29 is 28.7 Å². The molecule has 1 fully saturated rings. The Kier molecular flexibility index (Phi) is 7.14. The summed E-state index contributed by atoms with van der Waals surface area (Å²) in [6.07, 6.45) is 4.27. The first-order valence-electron chi connectivity index (χ1n) is 11.3. The van der Waals surface area contributed by atoms with Gasteiger partial charge in [0.2, 0.25) is 6.79 Å². The Bertz CT molecular complexity index is 1140. The van der Waals surface area contributed by atoms with Crippen LogP contribution in [0.1, 0.15) is 49.0 Å². The molecule has 2 atom stereocenters. The molecule has 1 saturated heterocycles. The molecule has 2 aromatic carbocycles. The molecule has 0 aliphatic carbocycles. The lowest BCUT2D eigenvalue weighted by Gasteiger charge is -2.38. The summed E-state index contributed by atoms with van der Waals surface area (Å²) in [6, 6.07) is 9.34. The number of carbonyl (C=O) groups excluding carboxylic acids is 2. The summed E-state index contributed by atoms with van der Waals surface area (Å²) in [5, 5.41) is 15.1. The number of benzene rings is 2. The molecule has 0 aromatic heterocycles. The number of amides is 2. The lowest BCUT2D eigenvalue weighted by molar-refractivity contribution is -0.385. The first kappa shape index (κ1) is 24.0. The minimum Gasteiger partial charge on any atom is -0.484 e. The van der Waals surface area contributed by atoms with E-state index in [1.54, 1.807) is 24.3 Å². The number of hydrogen-bond acceptors (Lipinski definition) is 8. The average molecular weight is 482 g/mol. The van der Waals surface area contributed by atoms with E-state index in [2.05, 4.69) is 10.5 Å². The van der Waals surface area contributed by atoms with Crippen LogP contribution in [0.4, 0.5) is 5.69 Å². The first-order valence-corrected chi connectivity index (χ1v) is 11.3. The van der Waals surface area contributed by atoms with Crippen LogP contribution in [0.5, 0.6) is 17.2 Å². The Morgan fingerprint density at radius 1 is 1.17 bits per heavy atom. The van der Waals surface area contributed by atoms with Crippen molar-refractivity contribution in [2.45, 2.75) is 45.2 Å². The van der Waals surface area contributed by atoms with Crippen molar-refractivity contribution in [2.24, 2.45) is 5.10 Å². The number of ether oxygens (including phenoxy) is 3. The molecule has 2 aromatic rings. The summed E-state index contributed by atoms with van der Waals surface area (Å²) in [6.45, 7) is 4.01. The molecule has 4 rings (SSSR count). The van der Waals surface area contributed by atoms with Gasteiger partial charge in [-0.25, -0.2) is 5.43 Å². The van der Waals surface area contributed by atoms with Gasteiger partial charge in [-0.05, 0) is 63.4 Å². The van der Waals surface area contributed by atoms with Gasteiger partial charge in [0.15, 0.2) is 18.1 Å². The summed E-state index contributed by atoms with van der Waals surface area (Å²) >= 11 is 0. The molecule has 11 heteroatoms. The van der Waals surface area contributed by atoms with E-state index in [0.717, 1.165) is 19.3 Å². The second kappa shape index (κ2) is 10.4. The molecule has 2 aliphatic heterocycles. The zero-order chi connectivity index (χ0) is 24.9. The molecule has 0 radical (unpaired) electrons. The maximum absolute atomic E-state index is 12.6. The lowest BCUT2D eigenvalue weighted by atomic mass is 9.97. The van der Waals surface area contributed by atoms with E-state index >= 15 is 0 Å². The zero-order valence-corrected chi connectivity index (χ0v) is 19.4. The predicted octanol–water partition coefficient (Wildman–Crippen LogP) is 3.26. The highest BCUT2D eigenvalue weighted by Crippen LogP contribution is 2.37. The summed E-state index contributed by atoms with van der Waals surface area (Å²) in [4.78, 5) is 37.6. The maximum Gasteiger partial charge on any atom is 0.282 e. The number of likely N-dealkylation sites (tertiary alicyclic amines) is 1. The van der Waals surface area contributed by atoms with E-state index in [-0.39, 0.29) is 48.4 Å². The maximum atomic E-state index is 12.6. The van der Waals surface area contributed by atoms with Gasteiger partial charge in [0.1, 0.15) is 5.75 Å². The highest BCUT2D eigenvalue weighted by Gasteiger charge is 2.29. The monoisotopic (exact) mass is 482 g/mol. The van der Waals surface area contributed by atoms with Crippen molar-refractivity contribution >= 4 is 23.7 Å². The van der Waals surface area contributed by atoms with Crippen molar-refractivity contribution in [2.75, 3.05) is 13.4 Å². The third kappa shape index (κ3) is 5.51. The van der Waals surface area contributed by atoms with Crippen molar-refractivity contribution in [3.8, 4) is 17.2 Å². The van der Waals surface area contributed by atoms with Crippen LogP contribution in [-0.4, -0.2) is 53.3 Å². The molecule has 184 valence electrons. The van der Waals surface area contributed by atoms with Crippen LogP contribution in [0.2, 0.25) is 0 Å². The van der Waals surface area contributed by atoms with Gasteiger partial charge in [0.05, 0.1) is 22.8 Å². The summed E-state index contributed by atoms with van der Waals surface area (Å²) in [5.74, 6) is 0.539. The van der Waals surface area contributed by atoms with Gasteiger partial charge in [-0.2, -0.15) is 5.10 Å². The quantitative estimate of drug-likeness (QED) is 0.364. The fraction of sp³-hybridized carbons (Fsp3) is 0.375. The Morgan fingerprint density at radius 3 is 2.49 bits per heavy atom. The number of piperidine rings is 1. The number of hydrazone groups is 1. The number of nitro groups is 1. The second-order valence-electron chi connectivity index (χ2n) is 8.46. The number of nitrogens with zero attached hydrogens (tertiary/aromatic N) is 3. The smallest absolute Gasteiger partial charge is 0.282 e. The van der Waals surface area contributed by atoms with Crippen molar-refractivity contribution in [1.82, 2.24) is 10.3 Å². The van der Waals surface area contributed by atoms with E-state index < -0.39 is 10.8 Å². The molecule has 1 N–H and O–H groups in total. The van der Waals surface area contributed by atoms with E-state index in [4.69, 9.17) is 14.2 Å². The van der Waals surface area contributed by atoms with E-state index in [9.17, 15) is 19.7 Å². The van der Waals surface area contributed by atoms with Gasteiger partial charge in [0.25, 0.3) is 17.5 Å². The normalized spacial score (nSPS) is 19.0. The topological polar surface area (TPSA) is 133 Å². The van der Waals surface area contributed by atoms with Gasteiger partial charge in [-0.3, -0.25) is 19.7 Å². The third-order valence-corrected chi connectivity index (χ3v) is 6.05. The fourth-order valence-corrected chi connectivity index (χ4v) is 4.27. The number of rotatable bonds is 7. The van der Waals surface area contributed by atoms with Crippen molar-refractivity contribution in [1.29, 1.82) is 0 Å². The minimum atomic E-state index is -0.568. The number of hydrogen-bond donors (Lipinski definition) is 1. The van der Waals surface area contributed by atoms with Gasteiger partial charge in [0, 0.05) is 17.6 Å². The number of fused-ring (bicyclic) bond motifs is 1. The van der Waals surface area contributed by atoms with Gasteiger partial charge in [-0.1, -0.05) is 0 Å². The van der Waals surface area contributed by atoms with E-state index in [1.807, 2.05) is 18.7 Å². The average Bonchev–Trinajstić information content (AvgIpc) is 3.30. The van der Waals surface area contributed by atoms with Crippen LogP contribution in [0.25, 0.3) is 0 Å². The summed E-state index contributed by atoms with van der Waals surface area (Å²) in [7, 11) is 0. The minimum absolute atomic E-state index is 0.0197. The second-order valence-corrected chi connectivity index (χ2v) is 8.46. The molecule has 2 amide bonds. The SMILES string of the molecule is CC1CCCC(C)N1C(=O)COc1ccc(C(=O)NN=Cc2cc3c(cc2[N+](=O)[O-])OCO3)cc1. The standard InChI is InChI=1S/C24H26N4O7/c1-15-4-3-5-16(2)27(15)23(29)13-33-19-8-6-17(7-9-19)24(30)26-25-12-18-10-21-22(35-14-34-21)11-20(18)28(31)32/h6-12,15-16H,3-5,13-14H2,1-2H3,(H,26,30). The van der Waals surface area contributed by atoms with Crippen molar-refractivity contribution in [3.63, 3.8) is 0 Å². The number of nitro benzene ring substituents is 1. The molecular formula is C24H26N4O7. The fourth-order valence-electron chi connectivity index (χ4n) is 4.27.